The van der Waals surface area contributed by atoms with Crippen LogP contribution in [0.15, 0.2) is 0 Å². The second kappa shape index (κ2) is 7.43. The van der Waals surface area contributed by atoms with Crippen LogP contribution < -0.4 is 5.32 Å². The maximum Gasteiger partial charge on any atom is 0.0434 e. The van der Waals surface area contributed by atoms with Gasteiger partial charge >= 0.3 is 0 Å². The molecule has 0 aromatic carbocycles. The first-order valence-electron chi connectivity index (χ1n) is 9.01. The molecule has 1 aliphatic carbocycles. The zero-order chi connectivity index (χ0) is 15.3. The van der Waals surface area contributed by atoms with Crippen molar-refractivity contribution in [1.29, 1.82) is 0 Å². The van der Waals surface area contributed by atoms with E-state index in [0.717, 1.165) is 18.9 Å². The van der Waals surface area contributed by atoms with E-state index in [-0.39, 0.29) is 5.54 Å². The number of nitrogens with one attached hydrogen (secondary N) is 1. The van der Waals surface area contributed by atoms with E-state index in [0.29, 0.717) is 12.0 Å². The van der Waals surface area contributed by atoms with Gasteiger partial charge in [-0.05, 0) is 64.3 Å². The van der Waals surface area contributed by atoms with Crippen molar-refractivity contribution in [3.63, 3.8) is 0 Å². The highest BCUT2D eigenvalue weighted by molar-refractivity contribution is 4.91. The van der Waals surface area contributed by atoms with Gasteiger partial charge in [0.1, 0.15) is 0 Å². The van der Waals surface area contributed by atoms with Crippen molar-refractivity contribution < 1.29 is 5.11 Å². The Labute approximate surface area is 131 Å². The molecule has 124 valence electrons. The van der Waals surface area contributed by atoms with Crippen molar-refractivity contribution in [2.24, 2.45) is 11.3 Å². The number of nitrogens with zero attached hydrogens (tertiary/aromatic N) is 1. The molecule has 1 heterocycles. The summed E-state index contributed by atoms with van der Waals surface area (Å²) in [5.74, 6) is 0.728. The second-order valence-corrected chi connectivity index (χ2v) is 8.57. The fourth-order valence-electron chi connectivity index (χ4n) is 4.09. The van der Waals surface area contributed by atoms with Crippen molar-refractivity contribution >= 4 is 0 Å². The molecule has 0 bridgehead atoms. The van der Waals surface area contributed by atoms with Crippen LogP contribution in [0.5, 0.6) is 0 Å². The van der Waals surface area contributed by atoms with Gasteiger partial charge in [0.25, 0.3) is 0 Å². The van der Waals surface area contributed by atoms with Gasteiger partial charge < -0.3 is 15.3 Å². The molecule has 0 spiro atoms. The van der Waals surface area contributed by atoms with Gasteiger partial charge in [0.2, 0.25) is 0 Å². The molecule has 0 aromatic heterocycles. The van der Waals surface area contributed by atoms with Crippen molar-refractivity contribution in [2.45, 2.75) is 71.3 Å². The molecule has 3 heteroatoms. The summed E-state index contributed by atoms with van der Waals surface area (Å²) in [6.07, 6.45) is 9.27. The van der Waals surface area contributed by atoms with Gasteiger partial charge in [-0.2, -0.15) is 0 Å². The first-order chi connectivity index (χ1) is 9.92. The predicted molar refractivity (Wildman–Crippen MR) is 89.5 cm³/mol. The Balaban J connectivity index is 1.90. The summed E-state index contributed by atoms with van der Waals surface area (Å²) in [5.41, 5.74) is 0.703. The average Bonchev–Trinajstić information content (AvgIpc) is 2.85. The van der Waals surface area contributed by atoms with Crippen molar-refractivity contribution in [3.05, 3.63) is 0 Å². The van der Waals surface area contributed by atoms with E-state index in [1.807, 2.05) is 0 Å². The summed E-state index contributed by atoms with van der Waals surface area (Å²) >= 11 is 0. The minimum Gasteiger partial charge on any atom is -0.396 e. The minimum absolute atomic E-state index is 0.217. The van der Waals surface area contributed by atoms with Crippen LogP contribution in [0.1, 0.15) is 65.7 Å². The molecule has 1 saturated heterocycles. The third-order valence-corrected chi connectivity index (χ3v) is 5.37. The lowest BCUT2D eigenvalue weighted by atomic mass is 9.73. The first kappa shape index (κ1) is 17.2. The van der Waals surface area contributed by atoms with E-state index in [1.54, 1.807) is 0 Å². The number of hydrogen-bond donors (Lipinski definition) is 2. The lowest BCUT2D eigenvalue weighted by Gasteiger charge is -2.42. The molecule has 0 amide bonds. The summed E-state index contributed by atoms with van der Waals surface area (Å²) in [4.78, 5) is 2.68. The number of aliphatic hydroxyl groups is 1. The van der Waals surface area contributed by atoms with Gasteiger partial charge in [-0.25, -0.2) is 0 Å². The molecule has 2 rings (SSSR count). The highest BCUT2D eigenvalue weighted by atomic mass is 16.3. The summed E-state index contributed by atoms with van der Waals surface area (Å²) in [7, 11) is 0. The lowest BCUT2D eigenvalue weighted by molar-refractivity contribution is 0.105. The molecule has 0 radical (unpaired) electrons. The molecule has 3 nitrogen and oxygen atoms in total. The first-order valence-corrected chi connectivity index (χ1v) is 9.01. The highest BCUT2D eigenvalue weighted by Gasteiger charge is 2.36. The van der Waals surface area contributed by atoms with Crippen molar-refractivity contribution in [3.8, 4) is 0 Å². The van der Waals surface area contributed by atoms with Crippen LogP contribution in [0, 0.1) is 11.3 Å². The molecule has 1 unspecified atom stereocenters. The Morgan fingerprint density at radius 1 is 1.19 bits per heavy atom. The van der Waals surface area contributed by atoms with Gasteiger partial charge in [-0.1, -0.05) is 19.3 Å². The smallest absolute Gasteiger partial charge is 0.0434 e. The van der Waals surface area contributed by atoms with Crippen molar-refractivity contribution in [1.82, 2.24) is 10.2 Å². The molecule has 1 atom stereocenters. The Hall–Kier alpha value is -0.120. The van der Waals surface area contributed by atoms with Crippen LogP contribution in [-0.4, -0.2) is 48.3 Å². The second-order valence-electron chi connectivity index (χ2n) is 8.57. The largest absolute Gasteiger partial charge is 0.396 e. The summed E-state index contributed by atoms with van der Waals surface area (Å²) in [5, 5.41) is 12.9. The molecule has 0 aromatic rings. The highest BCUT2D eigenvalue weighted by Crippen LogP contribution is 2.38. The molecule has 1 aliphatic heterocycles. The van der Waals surface area contributed by atoms with Crippen LogP contribution >= 0.6 is 0 Å². The number of rotatable bonds is 6. The fraction of sp³-hybridized carbons (Fsp3) is 1.00. The molecule has 21 heavy (non-hydrogen) atoms. The van der Waals surface area contributed by atoms with Gasteiger partial charge in [0, 0.05) is 31.8 Å². The normalized spacial score (nSPS) is 27.1. The van der Waals surface area contributed by atoms with E-state index < -0.39 is 0 Å². The number of hydrogen-bond acceptors (Lipinski definition) is 3. The number of aliphatic hydroxyl groups excluding tert-OH is 1. The quantitative estimate of drug-likeness (QED) is 0.791. The van der Waals surface area contributed by atoms with Gasteiger partial charge in [-0.3, -0.25) is 0 Å². The van der Waals surface area contributed by atoms with Crippen LogP contribution in [-0.2, 0) is 0 Å². The Kier molecular flexibility index (Phi) is 6.10. The predicted octanol–water partition coefficient (Wildman–Crippen LogP) is 3.03. The standard InChI is InChI=1S/C18H36N2O/c1-17(2,3)19-14-18(9-5-4-6-10-18)15-20-11-7-16(13-20)8-12-21/h16,19,21H,4-15H2,1-3H3. The van der Waals surface area contributed by atoms with Crippen LogP contribution in [0.3, 0.4) is 0 Å². The molecular weight excluding hydrogens is 260 g/mol. The Bertz CT molecular complexity index is 305. The number of likely N-dealkylation sites (tertiary alicyclic amines) is 1. The van der Waals surface area contributed by atoms with Gasteiger partial charge in [-0.15, -0.1) is 0 Å². The maximum atomic E-state index is 9.13. The lowest BCUT2D eigenvalue weighted by Crippen LogP contribution is -2.49. The molecule has 2 N–H and O–H groups in total. The van der Waals surface area contributed by atoms with Crippen molar-refractivity contribution in [2.75, 3.05) is 32.8 Å². The zero-order valence-electron chi connectivity index (χ0n) is 14.5. The average molecular weight is 296 g/mol. The molecule has 2 aliphatic rings. The molecule has 2 fully saturated rings. The van der Waals surface area contributed by atoms with E-state index in [4.69, 9.17) is 5.11 Å². The van der Waals surface area contributed by atoms with E-state index >= 15 is 0 Å². The SMILES string of the molecule is CC(C)(C)NCC1(CN2CCC(CCO)C2)CCCCC1. The summed E-state index contributed by atoms with van der Waals surface area (Å²) in [6.45, 7) is 12.1. The minimum atomic E-state index is 0.217. The zero-order valence-corrected chi connectivity index (χ0v) is 14.5. The third-order valence-electron chi connectivity index (χ3n) is 5.37. The van der Waals surface area contributed by atoms with Crippen LogP contribution in [0.4, 0.5) is 0 Å². The Morgan fingerprint density at radius 2 is 1.90 bits per heavy atom. The Morgan fingerprint density at radius 3 is 2.52 bits per heavy atom. The van der Waals surface area contributed by atoms with Crippen LogP contribution in [0.25, 0.3) is 0 Å². The summed E-state index contributed by atoms with van der Waals surface area (Å²) in [6, 6.07) is 0. The molecular formula is C18H36N2O. The summed E-state index contributed by atoms with van der Waals surface area (Å²) < 4.78 is 0. The van der Waals surface area contributed by atoms with Gasteiger partial charge in [0.05, 0.1) is 0 Å². The fourth-order valence-corrected chi connectivity index (χ4v) is 4.09. The van der Waals surface area contributed by atoms with Gasteiger partial charge in [0.15, 0.2) is 0 Å². The monoisotopic (exact) mass is 296 g/mol. The third kappa shape index (κ3) is 5.54. The van der Waals surface area contributed by atoms with Crippen LogP contribution in [0.2, 0.25) is 0 Å². The topological polar surface area (TPSA) is 35.5 Å². The van der Waals surface area contributed by atoms with E-state index in [1.165, 1.54) is 58.2 Å². The maximum absolute atomic E-state index is 9.13. The van der Waals surface area contributed by atoms with E-state index in [9.17, 15) is 0 Å². The molecule has 1 saturated carbocycles. The van der Waals surface area contributed by atoms with E-state index in [2.05, 4.69) is 31.0 Å².